The summed E-state index contributed by atoms with van der Waals surface area (Å²) < 4.78 is 0. The van der Waals surface area contributed by atoms with Crippen molar-refractivity contribution in [2.75, 3.05) is 25.0 Å². The normalized spacial score (nSPS) is 18.7. The molecule has 0 bridgehead atoms. The molecular weight excluding hydrogens is 252 g/mol. The number of nitrogens with one attached hydrogen (secondary N) is 1. The molecule has 20 heavy (non-hydrogen) atoms. The standard InChI is InChI=1S/C16H22N2O2/c1-3-15(19)12-6-8-14(9-7-12)18-10-4-5-13(11-18)16(20)17-2/h6-9,13H,3-5,10-11H2,1-2H3,(H,17,20). The molecule has 0 aromatic heterocycles. The summed E-state index contributed by atoms with van der Waals surface area (Å²) in [5.74, 6) is 0.344. The molecular formula is C16H22N2O2. The minimum Gasteiger partial charge on any atom is -0.371 e. The molecule has 1 saturated heterocycles. The molecule has 1 unspecified atom stereocenters. The second-order valence-corrected chi connectivity index (χ2v) is 5.22. The summed E-state index contributed by atoms with van der Waals surface area (Å²) in [6.07, 6.45) is 2.50. The summed E-state index contributed by atoms with van der Waals surface area (Å²) in [6.45, 7) is 3.59. The van der Waals surface area contributed by atoms with Crippen molar-refractivity contribution in [2.45, 2.75) is 26.2 Å². The van der Waals surface area contributed by atoms with Gasteiger partial charge in [0.15, 0.2) is 5.78 Å². The van der Waals surface area contributed by atoms with Crippen LogP contribution in [0.2, 0.25) is 0 Å². The first-order chi connectivity index (χ1) is 9.65. The van der Waals surface area contributed by atoms with E-state index in [4.69, 9.17) is 0 Å². The van der Waals surface area contributed by atoms with Gasteiger partial charge in [-0.3, -0.25) is 9.59 Å². The number of piperidine rings is 1. The smallest absolute Gasteiger partial charge is 0.224 e. The third-order valence-corrected chi connectivity index (χ3v) is 3.91. The second kappa shape index (κ2) is 6.55. The van der Waals surface area contributed by atoms with Gasteiger partial charge >= 0.3 is 0 Å². The lowest BCUT2D eigenvalue weighted by molar-refractivity contribution is -0.124. The lowest BCUT2D eigenvalue weighted by Crippen LogP contribution is -2.42. The number of benzene rings is 1. The number of Topliss-reactive ketones (excluding diaryl/α,β-unsaturated/α-hetero) is 1. The minimum atomic E-state index is 0.0608. The summed E-state index contributed by atoms with van der Waals surface area (Å²) in [4.78, 5) is 25.6. The lowest BCUT2D eigenvalue weighted by Gasteiger charge is -2.33. The molecule has 108 valence electrons. The van der Waals surface area contributed by atoms with Gasteiger partial charge in [0.05, 0.1) is 5.92 Å². The van der Waals surface area contributed by atoms with Gasteiger partial charge in [0.25, 0.3) is 0 Å². The van der Waals surface area contributed by atoms with Crippen LogP contribution < -0.4 is 10.2 Å². The molecule has 0 aliphatic carbocycles. The van der Waals surface area contributed by atoms with Crippen molar-refractivity contribution in [1.82, 2.24) is 5.32 Å². The van der Waals surface area contributed by atoms with Crippen LogP contribution in [0, 0.1) is 5.92 Å². The van der Waals surface area contributed by atoms with Gasteiger partial charge in [-0.05, 0) is 37.1 Å². The number of ketones is 1. The van der Waals surface area contributed by atoms with E-state index in [2.05, 4.69) is 10.2 Å². The molecule has 1 fully saturated rings. The van der Waals surface area contributed by atoms with E-state index in [-0.39, 0.29) is 17.6 Å². The van der Waals surface area contributed by atoms with Gasteiger partial charge in [-0.25, -0.2) is 0 Å². The van der Waals surface area contributed by atoms with Crippen LogP contribution in [-0.2, 0) is 4.79 Å². The molecule has 1 aliphatic heterocycles. The van der Waals surface area contributed by atoms with Gasteiger partial charge in [-0.2, -0.15) is 0 Å². The zero-order chi connectivity index (χ0) is 14.5. The average Bonchev–Trinajstić information content (AvgIpc) is 2.53. The molecule has 1 aromatic carbocycles. The second-order valence-electron chi connectivity index (χ2n) is 5.22. The molecule has 0 saturated carbocycles. The summed E-state index contributed by atoms with van der Waals surface area (Å²) in [7, 11) is 1.69. The van der Waals surface area contributed by atoms with Crippen molar-refractivity contribution >= 4 is 17.4 Å². The maximum Gasteiger partial charge on any atom is 0.224 e. The number of nitrogens with zero attached hydrogens (tertiary/aromatic N) is 1. The van der Waals surface area contributed by atoms with Crippen LogP contribution >= 0.6 is 0 Å². The van der Waals surface area contributed by atoms with Gasteiger partial charge in [-0.15, -0.1) is 0 Å². The monoisotopic (exact) mass is 274 g/mol. The largest absolute Gasteiger partial charge is 0.371 e. The Balaban J connectivity index is 2.07. The summed E-state index contributed by atoms with van der Waals surface area (Å²) >= 11 is 0. The van der Waals surface area contributed by atoms with Crippen LogP contribution in [-0.4, -0.2) is 31.8 Å². The maximum absolute atomic E-state index is 11.7. The van der Waals surface area contributed by atoms with Crippen molar-refractivity contribution in [1.29, 1.82) is 0 Å². The van der Waals surface area contributed by atoms with Crippen molar-refractivity contribution in [3.05, 3.63) is 29.8 Å². The molecule has 1 aromatic rings. The fraction of sp³-hybridized carbons (Fsp3) is 0.500. The number of anilines is 1. The zero-order valence-corrected chi connectivity index (χ0v) is 12.2. The molecule has 4 heteroatoms. The Hall–Kier alpha value is -1.84. The van der Waals surface area contributed by atoms with E-state index >= 15 is 0 Å². The van der Waals surface area contributed by atoms with E-state index in [0.29, 0.717) is 6.42 Å². The number of rotatable bonds is 4. The first-order valence-electron chi connectivity index (χ1n) is 7.25. The summed E-state index contributed by atoms with van der Waals surface area (Å²) in [6, 6.07) is 7.72. The predicted molar refractivity (Wildman–Crippen MR) is 80.1 cm³/mol. The first kappa shape index (κ1) is 14.6. The van der Waals surface area contributed by atoms with E-state index < -0.39 is 0 Å². The lowest BCUT2D eigenvalue weighted by atomic mass is 9.96. The molecule has 1 N–H and O–H groups in total. The first-order valence-corrected chi connectivity index (χ1v) is 7.25. The van der Waals surface area contributed by atoms with Crippen LogP contribution in [0.25, 0.3) is 0 Å². The molecule has 2 rings (SSSR count). The third kappa shape index (κ3) is 3.18. The van der Waals surface area contributed by atoms with E-state index in [9.17, 15) is 9.59 Å². The van der Waals surface area contributed by atoms with Gasteiger partial charge in [-0.1, -0.05) is 6.92 Å². The Labute approximate surface area is 120 Å². The molecule has 1 aliphatic rings. The van der Waals surface area contributed by atoms with Gasteiger partial charge in [0.1, 0.15) is 0 Å². The SMILES string of the molecule is CCC(=O)c1ccc(N2CCCC(C(=O)NC)C2)cc1. The summed E-state index contributed by atoms with van der Waals surface area (Å²) in [5.41, 5.74) is 1.85. The van der Waals surface area contributed by atoms with E-state index in [1.54, 1.807) is 7.05 Å². The van der Waals surface area contributed by atoms with Crippen molar-refractivity contribution in [3.8, 4) is 0 Å². The Bertz CT molecular complexity index is 482. The third-order valence-electron chi connectivity index (χ3n) is 3.91. The fourth-order valence-corrected chi connectivity index (χ4v) is 2.69. The Morgan fingerprint density at radius 1 is 1.30 bits per heavy atom. The van der Waals surface area contributed by atoms with Crippen LogP contribution in [0.15, 0.2) is 24.3 Å². The number of amides is 1. The van der Waals surface area contributed by atoms with E-state index in [1.165, 1.54) is 0 Å². The van der Waals surface area contributed by atoms with Gasteiger partial charge < -0.3 is 10.2 Å². The fourth-order valence-electron chi connectivity index (χ4n) is 2.69. The molecule has 1 atom stereocenters. The number of carbonyl (C=O) groups excluding carboxylic acids is 2. The van der Waals surface area contributed by atoms with Gasteiger partial charge in [0.2, 0.25) is 5.91 Å². The Morgan fingerprint density at radius 2 is 2.00 bits per heavy atom. The van der Waals surface area contributed by atoms with E-state index in [0.717, 1.165) is 37.2 Å². The molecule has 1 heterocycles. The molecule has 0 radical (unpaired) electrons. The number of carbonyl (C=O) groups is 2. The Morgan fingerprint density at radius 3 is 2.60 bits per heavy atom. The number of hydrogen-bond acceptors (Lipinski definition) is 3. The predicted octanol–water partition coefficient (Wildman–Crippen LogP) is 2.24. The highest BCUT2D eigenvalue weighted by Gasteiger charge is 2.25. The maximum atomic E-state index is 11.7. The topological polar surface area (TPSA) is 49.4 Å². The van der Waals surface area contributed by atoms with Crippen LogP contribution in [0.3, 0.4) is 0 Å². The zero-order valence-electron chi connectivity index (χ0n) is 12.2. The minimum absolute atomic E-state index is 0.0608. The Kier molecular flexibility index (Phi) is 4.77. The van der Waals surface area contributed by atoms with Crippen molar-refractivity contribution in [2.24, 2.45) is 5.92 Å². The quantitative estimate of drug-likeness (QED) is 0.857. The average molecular weight is 274 g/mol. The van der Waals surface area contributed by atoms with Crippen molar-refractivity contribution in [3.63, 3.8) is 0 Å². The van der Waals surface area contributed by atoms with E-state index in [1.807, 2.05) is 31.2 Å². The highest BCUT2D eigenvalue weighted by Crippen LogP contribution is 2.23. The van der Waals surface area contributed by atoms with Crippen molar-refractivity contribution < 1.29 is 9.59 Å². The highest BCUT2D eigenvalue weighted by atomic mass is 16.1. The molecule has 0 spiro atoms. The molecule has 1 amide bonds. The van der Waals surface area contributed by atoms with Crippen LogP contribution in [0.4, 0.5) is 5.69 Å². The molecule has 4 nitrogen and oxygen atoms in total. The highest BCUT2D eigenvalue weighted by molar-refractivity contribution is 5.96. The van der Waals surface area contributed by atoms with Crippen LogP contribution in [0.5, 0.6) is 0 Å². The number of hydrogen-bond donors (Lipinski definition) is 1. The van der Waals surface area contributed by atoms with Gasteiger partial charge in [0, 0.05) is 37.8 Å². The summed E-state index contributed by atoms with van der Waals surface area (Å²) in [5, 5.41) is 2.73. The van der Waals surface area contributed by atoms with Crippen LogP contribution in [0.1, 0.15) is 36.5 Å².